The molecule has 0 bridgehead atoms. The van der Waals surface area contributed by atoms with Crippen molar-refractivity contribution in [1.29, 1.82) is 5.26 Å². The van der Waals surface area contributed by atoms with Gasteiger partial charge >= 0.3 is 6.97 Å². The Balaban J connectivity index is 1.79. The van der Waals surface area contributed by atoms with Gasteiger partial charge in [0.15, 0.2) is 6.07 Å². The van der Waals surface area contributed by atoms with Gasteiger partial charge in [0.05, 0.1) is 7.11 Å². The fourth-order valence-corrected chi connectivity index (χ4v) is 4.02. The van der Waals surface area contributed by atoms with Gasteiger partial charge < -0.3 is 18.2 Å². The maximum atomic E-state index is 15.8. The van der Waals surface area contributed by atoms with E-state index in [4.69, 9.17) is 4.74 Å². The zero-order chi connectivity index (χ0) is 20.9. The van der Waals surface area contributed by atoms with Crippen molar-refractivity contribution in [3.63, 3.8) is 0 Å². The Kier molecular flexibility index (Phi) is 3.93. The van der Waals surface area contributed by atoms with Gasteiger partial charge in [-0.05, 0) is 35.9 Å². The molecule has 8 heteroatoms. The quantitative estimate of drug-likeness (QED) is 0.530. The van der Waals surface area contributed by atoms with Crippen LogP contribution < -0.4 is 9.55 Å². The molecule has 0 aliphatic carbocycles. The minimum Gasteiger partial charge on any atom is -0.497 e. The highest BCUT2D eigenvalue weighted by Gasteiger charge is 2.62. The predicted molar refractivity (Wildman–Crippen MR) is 110 cm³/mol. The molecule has 3 aromatic rings. The highest BCUT2D eigenvalue weighted by molar-refractivity contribution is 6.67. The van der Waals surface area contributed by atoms with Gasteiger partial charge in [-0.15, -0.1) is 0 Å². The summed E-state index contributed by atoms with van der Waals surface area (Å²) in [7, 11) is 1.52. The van der Waals surface area contributed by atoms with Gasteiger partial charge in [0.2, 0.25) is 0 Å². The normalized spacial score (nSPS) is 17.3. The minimum atomic E-state index is -4.38. The first-order valence-electron chi connectivity index (χ1n) is 9.36. The van der Waals surface area contributed by atoms with Crippen LogP contribution in [0.5, 0.6) is 5.75 Å². The molecule has 0 amide bonds. The average Bonchev–Trinajstić information content (AvgIpc) is 3.01. The fraction of sp³-hybridized carbons (Fsp3) is 0.0455. The molecule has 0 spiro atoms. The number of hydrogen-bond acceptors (Lipinski definition) is 4. The number of azo groups is 1. The molecule has 0 saturated heterocycles. The average molecular weight is 400 g/mol. The maximum absolute atomic E-state index is 15.8. The molecule has 2 aliphatic heterocycles. The third-order valence-electron chi connectivity index (χ3n) is 5.34. The van der Waals surface area contributed by atoms with Crippen molar-refractivity contribution in [1.82, 2.24) is 0 Å². The molecule has 0 N–H and O–H groups in total. The van der Waals surface area contributed by atoms with Crippen molar-refractivity contribution in [3.8, 4) is 22.9 Å². The summed E-state index contributed by atoms with van der Waals surface area (Å²) in [6.07, 6.45) is 0. The zero-order valence-corrected chi connectivity index (χ0v) is 16.0. The zero-order valence-electron chi connectivity index (χ0n) is 16.0. The number of fused-ring (bicyclic) bond motifs is 6. The van der Waals surface area contributed by atoms with Crippen LogP contribution in [-0.2, 0) is 0 Å². The van der Waals surface area contributed by atoms with Gasteiger partial charge in [0, 0.05) is 16.8 Å². The number of allylic oxidation sites excluding steroid dienone is 1. The number of ether oxygens (including phenoxy) is 1. The van der Waals surface area contributed by atoms with Crippen LogP contribution in [0.1, 0.15) is 5.56 Å². The second-order valence-electron chi connectivity index (χ2n) is 6.97. The number of halogens is 2. The van der Waals surface area contributed by atoms with Crippen molar-refractivity contribution in [3.05, 3.63) is 84.1 Å². The standard InChI is InChI=1S/C22H15BF2N4O/c1-30-16-12-10-15(11-13-16)27-29-21(14-26)22-19-8-3-2-6-17(19)18-7-4-5-9-20(18)28(22)23(29,24)25/h2-13H,1H3. The summed E-state index contributed by atoms with van der Waals surface area (Å²) in [6.45, 7) is -4.38. The largest absolute Gasteiger partial charge is 0.762 e. The van der Waals surface area contributed by atoms with E-state index in [9.17, 15) is 5.26 Å². The third kappa shape index (κ3) is 2.45. The van der Waals surface area contributed by atoms with Crippen LogP contribution in [-0.4, -0.2) is 18.7 Å². The molecule has 0 saturated carbocycles. The molecule has 2 heterocycles. The van der Waals surface area contributed by atoms with Gasteiger partial charge in [-0.25, -0.2) is 4.61 Å². The number of benzene rings is 3. The summed E-state index contributed by atoms with van der Waals surface area (Å²) in [5.74, 6) is 0.590. The summed E-state index contributed by atoms with van der Waals surface area (Å²) in [4.78, 5) is 0.962. The number of anilines is 1. The smallest absolute Gasteiger partial charge is 0.497 e. The fourth-order valence-electron chi connectivity index (χ4n) is 4.02. The Morgan fingerprint density at radius 1 is 0.933 bits per heavy atom. The first kappa shape index (κ1) is 18.1. The lowest BCUT2D eigenvalue weighted by atomic mass is 9.85. The molecule has 0 unspecified atom stereocenters. The van der Waals surface area contributed by atoms with E-state index in [0.717, 1.165) is 10.4 Å². The first-order valence-corrected chi connectivity index (χ1v) is 9.36. The Bertz CT molecular complexity index is 1280. The van der Waals surface area contributed by atoms with Crippen molar-refractivity contribution in [2.45, 2.75) is 0 Å². The van der Waals surface area contributed by atoms with Crippen molar-refractivity contribution in [2.75, 3.05) is 11.9 Å². The molecule has 30 heavy (non-hydrogen) atoms. The summed E-state index contributed by atoms with van der Waals surface area (Å²) in [5.41, 5.74) is 2.74. The van der Waals surface area contributed by atoms with Crippen molar-refractivity contribution >= 4 is 24.0 Å². The Morgan fingerprint density at radius 3 is 2.23 bits per heavy atom. The molecule has 0 radical (unpaired) electrons. The molecule has 3 aromatic carbocycles. The lowest BCUT2D eigenvalue weighted by Crippen LogP contribution is -2.49. The van der Waals surface area contributed by atoms with Crippen LogP contribution >= 0.6 is 0 Å². The van der Waals surface area contributed by atoms with Gasteiger partial charge in [0.25, 0.3) is 5.70 Å². The number of nitrogens with zero attached hydrogens (tertiary/aromatic N) is 4. The molecule has 0 fully saturated rings. The molecular weight excluding hydrogens is 385 g/mol. The van der Waals surface area contributed by atoms with E-state index in [1.807, 2.05) is 30.3 Å². The summed E-state index contributed by atoms with van der Waals surface area (Å²) >= 11 is 0. The Hall–Kier alpha value is -3.99. The second kappa shape index (κ2) is 6.53. The van der Waals surface area contributed by atoms with Crippen LogP contribution in [0, 0.1) is 11.3 Å². The highest BCUT2D eigenvalue weighted by Crippen LogP contribution is 2.51. The minimum absolute atomic E-state index is 0.175. The van der Waals surface area contributed by atoms with E-state index in [1.54, 1.807) is 48.5 Å². The van der Waals surface area contributed by atoms with Crippen LogP contribution in [0.15, 0.2) is 83.6 Å². The summed E-state index contributed by atoms with van der Waals surface area (Å²) in [5, 5.41) is 14.0. The first-order chi connectivity index (χ1) is 14.6. The van der Waals surface area contributed by atoms with E-state index in [0.29, 0.717) is 32.9 Å². The third-order valence-corrected chi connectivity index (χ3v) is 5.34. The molecule has 2 aliphatic rings. The molecule has 0 aromatic heterocycles. The monoisotopic (exact) mass is 400 g/mol. The number of hydrogen-bond donors (Lipinski definition) is 0. The van der Waals surface area contributed by atoms with Crippen LogP contribution in [0.2, 0.25) is 0 Å². The molecule has 146 valence electrons. The van der Waals surface area contributed by atoms with Gasteiger partial charge in [0.1, 0.15) is 17.1 Å². The van der Waals surface area contributed by atoms with Crippen LogP contribution in [0.3, 0.4) is 0 Å². The van der Waals surface area contributed by atoms with Gasteiger partial charge in [-0.1, -0.05) is 47.6 Å². The van der Waals surface area contributed by atoms with E-state index in [1.165, 1.54) is 7.11 Å². The highest BCUT2D eigenvalue weighted by atomic mass is 19.2. The van der Waals surface area contributed by atoms with Gasteiger partial charge in [-0.2, -0.15) is 5.26 Å². The lowest BCUT2D eigenvalue weighted by Gasteiger charge is -2.35. The SMILES string of the molecule is COc1ccc(N=[N+]2C(C#N)=C3c4ccccc4-c4ccccc4N3[B-]2(F)F)cc1. The van der Waals surface area contributed by atoms with Crippen molar-refractivity contribution in [2.24, 2.45) is 5.11 Å². The van der Waals surface area contributed by atoms with E-state index in [2.05, 4.69) is 5.11 Å². The number of methoxy groups -OCH3 is 1. The Labute approximate surface area is 171 Å². The van der Waals surface area contributed by atoms with Crippen LogP contribution in [0.25, 0.3) is 16.8 Å². The maximum Gasteiger partial charge on any atom is 0.762 e. The van der Waals surface area contributed by atoms with E-state index in [-0.39, 0.29) is 11.4 Å². The second-order valence-corrected chi connectivity index (χ2v) is 6.97. The molecule has 5 rings (SSSR count). The lowest BCUT2D eigenvalue weighted by molar-refractivity contribution is -0.424. The van der Waals surface area contributed by atoms with Gasteiger partial charge in [-0.3, -0.25) is 0 Å². The molecule has 0 atom stereocenters. The van der Waals surface area contributed by atoms with Crippen molar-refractivity contribution < 1.29 is 18.0 Å². The molecular formula is C22H15BF2N4O. The number of para-hydroxylation sites is 1. The number of nitriles is 1. The Morgan fingerprint density at radius 2 is 1.57 bits per heavy atom. The molecule has 5 nitrogen and oxygen atoms in total. The van der Waals surface area contributed by atoms with Crippen LogP contribution in [0.4, 0.5) is 20.0 Å². The topological polar surface area (TPSA) is 51.6 Å². The summed E-state index contributed by atoms with van der Waals surface area (Å²) < 4.78 is 37.3. The summed E-state index contributed by atoms with van der Waals surface area (Å²) in [6, 6.07) is 22.6. The number of rotatable bonds is 2. The van der Waals surface area contributed by atoms with E-state index < -0.39 is 6.97 Å². The predicted octanol–water partition coefficient (Wildman–Crippen LogP) is 5.56. The van der Waals surface area contributed by atoms with E-state index >= 15 is 8.63 Å².